The van der Waals surface area contributed by atoms with Crippen LogP contribution in [-0.4, -0.2) is 23.1 Å². The van der Waals surface area contributed by atoms with E-state index in [9.17, 15) is 14.7 Å². The van der Waals surface area contributed by atoms with E-state index in [2.05, 4.69) is 0 Å². The molecule has 128 valence electrons. The summed E-state index contributed by atoms with van der Waals surface area (Å²) < 4.78 is 5.73. The predicted molar refractivity (Wildman–Crippen MR) is 90.9 cm³/mol. The first-order valence-corrected chi connectivity index (χ1v) is 7.95. The molecule has 0 radical (unpaired) electrons. The van der Waals surface area contributed by atoms with E-state index in [1.54, 1.807) is 18.2 Å². The summed E-state index contributed by atoms with van der Waals surface area (Å²) in [5.41, 5.74) is 0.479. The Kier molecular flexibility index (Phi) is 5.62. The molecule has 0 aliphatic heterocycles. The number of rotatable bonds is 4. The monoisotopic (exact) mass is 320 g/mol. The quantitative estimate of drug-likeness (QED) is 0.826. The molecular formula is C19H28O4. The van der Waals surface area contributed by atoms with E-state index < -0.39 is 11.9 Å². The average Bonchev–Trinajstić information content (AvgIpc) is 2.41. The zero-order chi connectivity index (χ0) is 18.0. The fourth-order valence-corrected chi connectivity index (χ4v) is 2.99. The van der Waals surface area contributed by atoms with Crippen LogP contribution in [0.15, 0.2) is 18.2 Å². The van der Waals surface area contributed by atoms with Crippen molar-refractivity contribution < 1.29 is 19.4 Å². The molecule has 0 saturated carbocycles. The summed E-state index contributed by atoms with van der Waals surface area (Å²) in [6, 6.07) is 4.86. The van der Waals surface area contributed by atoms with Crippen LogP contribution in [0, 0.1) is 10.8 Å². The second kappa shape index (κ2) is 6.73. The Bertz CT molecular complexity index is 574. The third-order valence-electron chi connectivity index (χ3n) is 3.74. The van der Waals surface area contributed by atoms with Crippen LogP contribution in [0.5, 0.6) is 0 Å². The highest BCUT2D eigenvalue weighted by atomic mass is 16.5. The number of aromatic carboxylic acids is 1. The summed E-state index contributed by atoms with van der Waals surface area (Å²) >= 11 is 0. The number of aryl methyl sites for hydroxylation is 1. The van der Waals surface area contributed by atoms with Crippen molar-refractivity contribution >= 4 is 11.9 Å². The molecule has 1 N–H and O–H groups in total. The molecule has 0 aromatic heterocycles. The highest BCUT2D eigenvalue weighted by Gasteiger charge is 2.38. The van der Waals surface area contributed by atoms with Crippen molar-refractivity contribution in [3.05, 3.63) is 34.9 Å². The zero-order valence-corrected chi connectivity index (χ0v) is 15.2. The van der Waals surface area contributed by atoms with E-state index in [0.717, 1.165) is 5.56 Å². The number of hydrogen-bond acceptors (Lipinski definition) is 3. The van der Waals surface area contributed by atoms with Crippen molar-refractivity contribution in [2.45, 2.75) is 61.0 Å². The topological polar surface area (TPSA) is 63.6 Å². The summed E-state index contributed by atoms with van der Waals surface area (Å²) in [6.45, 7) is 14.0. The lowest BCUT2D eigenvalue weighted by Gasteiger charge is -2.39. The molecule has 0 atom stereocenters. The molecule has 4 nitrogen and oxygen atoms in total. The molecule has 0 aliphatic carbocycles. The van der Waals surface area contributed by atoms with Crippen LogP contribution in [0.4, 0.5) is 0 Å². The molecule has 0 amide bonds. The third-order valence-corrected chi connectivity index (χ3v) is 3.74. The molecule has 4 heteroatoms. The maximum atomic E-state index is 12.6. The Morgan fingerprint density at radius 2 is 1.57 bits per heavy atom. The fourth-order valence-electron chi connectivity index (χ4n) is 2.99. The predicted octanol–water partition coefficient (Wildman–Crippen LogP) is 4.56. The van der Waals surface area contributed by atoms with Crippen molar-refractivity contribution in [1.29, 1.82) is 0 Å². The lowest BCUT2D eigenvalue weighted by Crippen LogP contribution is -2.42. The minimum atomic E-state index is -1.12. The molecule has 1 rings (SSSR count). The van der Waals surface area contributed by atoms with Crippen LogP contribution in [-0.2, 0) is 11.2 Å². The van der Waals surface area contributed by atoms with Gasteiger partial charge in [-0.25, -0.2) is 9.59 Å². The van der Waals surface area contributed by atoms with E-state index in [0.29, 0.717) is 6.42 Å². The number of carboxylic acid groups (broad SMARTS) is 1. The number of ether oxygens (including phenoxy) is 1. The summed E-state index contributed by atoms with van der Waals surface area (Å²) in [6.07, 6.45) is 0.373. The molecule has 1 aromatic rings. The van der Waals surface area contributed by atoms with Gasteiger partial charge in [0.2, 0.25) is 0 Å². The normalized spacial score (nSPS) is 12.3. The van der Waals surface area contributed by atoms with Gasteiger partial charge >= 0.3 is 11.9 Å². The first-order valence-electron chi connectivity index (χ1n) is 7.95. The van der Waals surface area contributed by atoms with Crippen molar-refractivity contribution in [2.75, 3.05) is 0 Å². The maximum Gasteiger partial charge on any atom is 0.339 e. The minimum absolute atomic E-state index is 0.00378. The van der Waals surface area contributed by atoms with Gasteiger partial charge in [0, 0.05) is 0 Å². The number of carbonyl (C=O) groups excluding carboxylic acids is 1. The van der Waals surface area contributed by atoms with Gasteiger partial charge in [0.15, 0.2) is 0 Å². The number of benzene rings is 1. The van der Waals surface area contributed by atoms with Gasteiger partial charge in [-0.2, -0.15) is 0 Å². The third kappa shape index (κ3) is 4.81. The number of hydrogen-bond donors (Lipinski definition) is 1. The first kappa shape index (κ1) is 19.2. The van der Waals surface area contributed by atoms with Gasteiger partial charge in [0.25, 0.3) is 0 Å². The van der Waals surface area contributed by atoms with E-state index in [1.165, 1.54) is 0 Å². The van der Waals surface area contributed by atoms with Crippen molar-refractivity contribution in [1.82, 2.24) is 0 Å². The van der Waals surface area contributed by atoms with Gasteiger partial charge < -0.3 is 9.84 Å². The molecule has 1 aromatic carbocycles. The average molecular weight is 320 g/mol. The second-order valence-corrected chi connectivity index (χ2v) is 8.06. The van der Waals surface area contributed by atoms with Crippen LogP contribution in [0.2, 0.25) is 0 Å². The van der Waals surface area contributed by atoms with Crippen LogP contribution < -0.4 is 0 Å². The van der Waals surface area contributed by atoms with E-state index in [1.807, 2.05) is 48.5 Å². The second-order valence-electron chi connectivity index (χ2n) is 8.06. The van der Waals surface area contributed by atoms with Crippen LogP contribution in [0.1, 0.15) is 74.7 Å². The smallest absolute Gasteiger partial charge is 0.339 e. The highest BCUT2D eigenvalue weighted by Crippen LogP contribution is 2.36. The molecule has 0 unspecified atom stereocenters. The molecule has 0 bridgehead atoms. The van der Waals surface area contributed by atoms with Gasteiger partial charge in [0.05, 0.1) is 11.1 Å². The standard InChI is InChI=1S/C19H28O4/c1-8-12-9-10-13(14(11-12)15(20)21)16(22)23-17(18(2,3)4)19(5,6)7/h9-11,17H,8H2,1-7H3,(H,20,21). The molecule has 0 fully saturated rings. The number of carboxylic acids is 1. The van der Waals surface area contributed by atoms with Gasteiger partial charge in [-0.1, -0.05) is 54.5 Å². The lowest BCUT2D eigenvalue weighted by molar-refractivity contribution is -0.0516. The molecule has 0 spiro atoms. The Morgan fingerprint density at radius 1 is 1.04 bits per heavy atom. The molecule has 23 heavy (non-hydrogen) atoms. The Morgan fingerprint density at radius 3 is 1.96 bits per heavy atom. The Labute approximate surface area is 138 Å². The van der Waals surface area contributed by atoms with Crippen LogP contribution in [0.25, 0.3) is 0 Å². The molecule has 0 aliphatic rings. The number of esters is 1. The number of carbonyl (C=O) groups is 2. The van der Waals surface area contributed by atoms with Crippen LogP contribution >= 0.6 is 0 Å². The van der Waals surface area contributed by atoms with Gasteiger partial charge in [0.1, 0.15) is 6.10 Å². The summed E-state index contributed by atoms with van der Waals surface area (Å²) in [5, 5.41) is 9.38. The van der Waals surface area contributed by atoms with Crippen molar-refractivity contribution in [2.24, 2.45) is 10.8 Å². The Hall–Kier alpha value is -1.84. The Balaban J connectivity index is 3.22. The van der Waals surface area contributed by atoms with E-state index >= 15 is 0 Å². The summed E-state index contributed by atoms with van der Waals surface area (Å²) in [5.74, 6) is -1.70. The zero-order valence-electron chi connectivity index (χ0n) is 15.2. The molecule has 0 heterocycles. The summed E-state index contributed by atoms with van der Waals surface area (Å²) in [7, 11) is 0. The minimum Gasteiger partial charge on any atom is -0.478 e. The van der Waals surface area contributed by atoms with Crippen molar-refractivity contribution in [3.63, 3.8) is 0 Å². The van der Waals surface area contributed by atoms with E-state index in [-0.39, 0.29) is 28.1 Å². The van der Waals surface area contributed by atoms with Crippen molar-refractivity contribution in [3.8, 4) is 0 Å². The summed E-state index contributed by atoms with van der Waals surface area (Å²) in [4.78, 5) is 24.1. The largest absolute Gasteiger partial charge is 0.478 e. The van der Waals surface area contributed by atoms with Gasteiger partial charge in [-0.3, -0.25) is 0 Å². The molecule has 0 saturated heterocycles. The lowest BCUT2D eigenvalue weighted by atomic mass is 9.74. The maximum absolute atomic E-state index is 12.6. The SMILES string of the molecule is CCc1ccc(C(=O)OC(C(C)(C)C)C(C)(C)C)c(C(=O)O)c1. The van der Waals surface area contributed by atoms with E-state index in [4.69, 9.17) is 4.74 Å². The highest BCUT2D eigenvalue weighted by molar-refractivity contribution is 6.02. The first-order chi connectivity index (χ1) is 10.4. The van der Waals surface area contributed by atoms with Crippen LogP contribution in [0.3, 0.4) is 0 Å². The van der Waals surface area contributed by atoms with Gasteiger partial charge in [-0.15, -0.1) is 0 Å². The fraction of sp³-hybridized carbons (Fsp3) is 0.579. The van der Waals surface area contributed by atoms with Gasteiger partial charge in [-0.05, 0) is 34.9 Å². The molecular weight excluding hydrogens is 292 g/mol.